The minimum Gasteiger partial charge on any atom is -0.311 e. The first-order chi connectivity index (χ1) is 9.49. The first kappa shape index (κ1) is 16.3. The molecule has 1 unspecified atom stereocenters. The monoisotopic (exact) mass is 312 g/mol. The maximum atomic E-state index is 4.96. The van der Waals surface area contributed by atoms with Crippen molar-refractivity contribution in [3.63, 3.8) is 0 Å². The molecule has 0 saturated heterocycles. The summed E-state index contributed by atoms with van der Waals surface area (Å²) in [5.74, 6) is 2.98. The van der Waals surface area contributed by atoms with Crippen LogP contribution in [0.1, 0.15) is 68.5 Å². The molecule has 1 atom stereocenters. The number of aryl methyl sites for hydroxylation is 1. The van der Waals surface area contributed by atoms with E-state index in [9.17, 15) is 0 Å². The Kier molecular flexibility index (Phi) is 5.94. The fourth-order valence-corrected chi connectivity index (χ4v) is 4.70. The summed E-state index contributed by atoms with van der Waals surface area (Å²) >= 11 is 3.98. The number of thioether (sulfide) groups is 1. The Labute approximate surface area is 132 Å². The third-order valence-electron chi connectivity index (χ3n) is 3.57. The van der Waals surface area contributed by atoms with Crippen molar-refractivity contribution in [1.82, 2.24) is 10.3 Å². The van der Waals surface area contributed by atoms with Crippen molar-refractivity contribution >= 4 is 23.1 Å². The lowest BCUT2D eigenvalue weighted by Crippen LogP contribution is -2.39. The normalized spacial score (nSPS) is 19.1. The number of fused-ring (bicyclic) bond motifs is 1. The van der Waals surface area contributed by atoms with Crippen LogP contribution in [0.3, 0.4) is 0 Å². The van der Waals surface area contributed by atoms with Crippen LogP contribution in [0.15, 0.2) is 0 Å². The lowest BCUT2D eigenvalue weighted by Gasteiger charge is -2.27. The molecule has 2 rings (SSSR count). The summed E-state index contributed by atoms with van der Waals surface area (Å²) in [4.78, 5) is 6.52. The van der Waals surface area contributed by atoms with E-state index in [0.29, 0.717) is 5.92 Å². The van der Waals surface area contributed by atoms with Gasteiger partial charge >= 0.3 is 0 Å². The van der Waals surface area contributed by atoms with Gasteiger partial charge in [0.15, 0.2) is 0 Å². The van der Waals surface area contributed by atoms with Gasteiger partial charge in [-0.15, -0.1) is 11.3 Å². The van der Waals surface area contributed by atoms with Crippen molar-refractivity contribution in [2.45, 2.75) is 70.6 Å². The molecule has 0 bridgehead atoms. The van der Waals surface area contributed by atoms with E-state index in [1.54, 1.807) is 4.88 Å². The van der Waals surface area contributed by atoms with E-state index in [4.69, 9.17) is 4.98 Å². The van der Waals surface area contributed by atoms with Gasteiger partial charge in [-0.05, 0) is 52.2 Å². The van der Waals surface area contributed by atoms with Crippen LogP contribution in [0, 0.1) is 0 Å². The van der Waals surface area contributed by atoms with Gasteiger partial charge in [0.05, 0.1) is 5.69 Å². The van der Waals surface area contributed by atoms with Gasteiger partial charge in [-0.1, -0.05) is 6.92 Å². The third kappa shape index (κ3) is 4.74. The van der Waals surface area contributed by atoms with E-state index in [1.165, 1.54) is 42.1 Å². The molecule has 0 amide bonds. The maximum Gasteiger partial charge on any atom is 0.103 e. The van der Waals surface area contributed by atoms with Crippen LogP contribution in [0.25, 0.3) is 0 Å². The van der Waals surface area contributed by atoms with Gasteiger partial charge < -0.3 is 5.32 Å². The highest BCUT2D eigenvalue weighted by Gasteiger charge is 2.25. The summed E-state index contributed by atoms with van der Waals surface area (Å²) in [6, 6.07) is 0. The van der Waals surface area contributed by atoms with E-state index in [1.807, 2.05) is 23.1 Å². The summed E-state index contributed by atoms with van der Waals surface area (Å²) in [6.07, 6.45) is 5.12. The lowest BCUT2D eigenvalue weighted by atomic mass is 9.90. The molecule has 0 radical (unpaired) electrons. The SMILES string of the molecule is CCCSCc1nc2c(s1)CCCC2CNC(C)(C)C. The molecular weight excluding hydrogens is 284 g/mol. The zero-order valence-corrected chi connectivity index (χ0v) is 14.9. The van der Waals surface area contributed by atoms with Crippen LogP contribution in [-0.4, -0.2) is 22.8 Å². The topological polar surface area (TPSA) is 24.9 Å². The van der Waals surface area contributed by atoms with Crippen molar-refractivity contribution in [2.24, 2.45) is 0 Å². The molecule has 20 heavy (non-hydrogen) atoms. The largest absolute Gasteiger partial charge is 0.311 e. The highest BCUT2D eigenvalue weighted by Crippen LogP contribution is 2.35. The molecule has 1 aliphatic rings. The fourth-order valence-electron chi connectivity index (χ4n) is 2.55. The second-order valence-corrected chi connectivity index (χ2v) is 8.96. The Hall–Kier alpha value is -0.0600. The van der Waals surface area contributed by atoms with E-state index in [0.717, 1.165) is 12.3 Å². The summed E-state index contributed by atoms with van der Waals surface area (Å²) < 4.78 is 0. The third-order valence-corrected chi connectivity index (χ3v) is 6.06. The van der Waals surface area contributed by atoms with Crippen molar-refractivity contribution in [3.8, 4) is 0 Å². The van der Waals surface area contributed by atoms with Crippen LogP contribution < -0.4 is 5.32 Å². The number of hydrogen-bond acceptors (Lipinski definition) is 4. The summed E-state index contributed by atoms with van der Waals surface area (Å²) in [6.45, 7) is 10.0. The molecule has 0 aromatic carbocycles. The van der Waals surface area contributed by atoms with Gasteiger partial charge in [-0.3, -0.25) is 0 Å². The van der Waals surface area contributed by atoms with Crippen molar-refractivity contribution in [2.75, 3.05) is 12.3 Å². The zero-order chi connectivity index (χ0) is 14.6. The zero-order valence-electron chi connectivity index (χ0n) is 13.3. The van der Waals surface area contributed by atoms with E-state index < -0.39 is 0 Å². The highest BCUT2D eigenvalue weighted by molar-refractivity contribution is 7.98. The number of rotatable bonds is 6. The van der Waals surface area contributed by atoms with Gasteiger partial charge in [0, 0.05) is 28.6 Å². The molecule has 0 aliphatic heterocycles. The average Bonchev–Trinajstić information content (AvgIpc) is 2.79. The predicted molar refractivity (Wildman–Crippen MR) is 92.0 cm³/mol. The van der Waals surface area contributed by atoms with Gasteiger partial charge in [-0.2, -0.15) is 11.8 Å². The molecule has 0 saturated carbocycles. The first-order valence-electron chi connectivity index (χ1n) is 7.81. The van der Waals surface area contributed by atoms with Crippen molar-refractivity contribution in [1.29, 1.82) is 0 Å². The van der Waals surface area contributed by atoms with Crippen molar-refractivity contribution in [3.05, 3.63) is 15.6 Å². The number of nitrogens with zero attached hydrogens (tertiary/aromatic N) is 1. The molecule has 1 aromatic rings. The first-order valence-corrected chi connectivity index (χ1v) is 9.78. The molecule has 2 nitrogen and oxygen atoms in total. The standard InChI is InChI=1S/C16H28N2S2/c1-5-9-19-11-14-18-15-12(10-17-16(2,3)4)7-6-8-13(15)20-14/h12,17H,5-11H2,1-4H3. The molecular formula is C16H28N2S2. The number of hydrogen-bond donors (Lipinski definition) is 1. The summed E-state index contributed by atoms with van der Waals surface area (Å²) in [5, 5.41) is 5.00. The summed E-state index contributed by atoms with van der Waals surface area (Å²) in [7, 11) is 0. The molecule has 0 fully saturated rings. The van der Waals surface area contributed by atoms with Crippen LogP contribution in [0.5, 0.6) is 0 Å². The van der Waals surface area contributed by atoms with E-state index in [2.05, 4.69) is 33.0 Å². The quantitative estimate of drug-likeness (QED) is 0.777. The number of aromatic nitrogens is 1. The van der Waals surface area contributed by atoms with Gasteiger partial charge in [0.2, 0.25) is 0 Å². The second-order valence-electron chi connectivity index (χ2n) is 6.69. The molecule has 1 heterocycles. The number of thiazole rings is 1. The van der Waals surface area contributed by atoms with Gasteiger partial charge in [0.25, 0.3) is 0 Å². The minimum absolute atomic E-state index is 0.202. The Morgan fingerprint density at radius 2 is 2.20 bits per heavy atom. The lowest BCUT2D eigenvalue weighted by molar-refractivity contribution is 0.388. The van der Waals surface area contributed by atoms with Crippen LogP contribution in [0.4, 0.5) is 0 Å². The predicted octanol–water partition coefficient (Wildman–Crippen LogP) is 4.59. The molecule has 114 valence electrons. The molecule has 1 aromatic heterocycles. The fraction of sp³-hybridized carbons (Fsp3) is 0.812. The molecule has 0 spiro atoms. The number of nitrogens with one attached hydrogen (secondary N) is 1. The van der Waals surface area contributed by atoms with Crippen LogP contribution in [0.2, 0.25) is 0 Å². The van der Waals surface area contributed by atoms with E-state index in [-0.39, 0.29) is 5.54 Å². The molecule has 1 N–H and O–H groups in total. The van der Waals surface area contributed by atoms with Gasteiger partial charge in [0.1, 0.15) is 5.01 Å². The Morgan fingerprint density at radius 1 is 1.40 bits per heavy atom. The maximum absolute atomic E-state index is 4.96. The summed E-state index contributed by atoms with van der Waals surface area (Å²) in [5.41, 5.74) is 1.61. The average molecular weight is 313 g/mol. The van der Waals surface area contributed by atoms with Crippen LogP contribution in [-0.2, 0) is 12.2 Å². The van der Waals surface area contributed by atoms with Crippen LogP contribution >= 0.6 is 23.1 Å². The Balaban J connectivity index is 1.99. The highest BCUT2D eigenvalue weighted by atomic mass is 32.2. The Morgan fingerprint density at radius 3 is 2.90 bits per heavy atom. The smallest absolute Gasteiger partial charge is 0.103 e. The molecule has 1 aliphatic carbocycles. The Bertz CT molecular complexity index is 421. The van der Waals surface area contributed by atoms with Gasteiger partial charge in [-0.25, -0.2) is 4.98 Å². The molecule has 4 heteroatoms. The van der Waals surface area contributed by atoms with E-state index >= 15 is 0 Å². The minimum atomic E-state index is 0.202. The van der Waals surface area contributed by atoms with Crippen molar-refractivity contribution < 1.29 is 0 Å². The second kappa shape index (κ2) is 7.28.